The molecule has 2 atom stereocenters. The smallest absolute Gasteiger partial charge is 0.0312 e. The Morgan fingerprint density at radius 2 is 2.31 bits per heavy atom. The quantitative estimate of drug-likeness (QED) is 0.561. The van der Waals surface area contributed by atoms with Crippen LogP contribution in [-0.4, -0.2) is 11.1 Å². The minimum atomic E-state index is 0.0707. The molecule has 0 saturated carbocycles. The molecule has 1 heterocycles. The molecule has 0 saturated heterocycles. The van der Waals surface area contributed by atoms with Crippen LogP contribution in [0.15, 0.2) is 41.8 Å². The Hall–Kier alpha value is -0.400. The molecular formula is C14H17ClS. The first kappa shape index (κ1) is 12.1. The lowest BCUT2D eigenvalue weighted by Gasteiger charge is -2.25. The van der Waals surface area contributed by atoms with Crippen LogP contribution in [-0.2, 0) is 6.42 Å². The molecule has 0 aliphatic carbocycles. The highest BCUT2D eigenvalue weighted by atomic mass is 35.5. The van der Waals surface area contributed by atoms with Crippen molar-refractivity contribution in [3.63, 3.8) is 0 Å². The monoisotopic (exact) mass is 252 g/mol. The molecule has 0 amide bonds. The minimum Gasteiger partial charge on any atom is -0.126 e. The van der Waals surface area contributed by atoms with Gasteiger partial charge in [-0.2, -0.15) is 0 Å². The van der Waals surface area contributed by atoms with Crippen molar-refractivity contribution >= 4 is 23.4 Å². The summed E-state index contributed by atoms with van der Waals surface area (Å²) in [6.07, 6.45) is 4.28. The fraction of sp³-hybridized carbons (Fsp3) is 0.429. The van der Waals surface area contributed by atoms with Gasteiger partial charge in [0.1, 0.15) is 0 Å². The van der Waals surface area contributed by atoms with Gasteiger partial charge in [-0.25, -0.2) is 0 Å². The molecule has 0 fully saturated rings. The number of hydrogen-bond donors (Lipinski definition) is 0. The van der Waals surface area contributed by atoms with Gasteiger partial charge in [-0.1, -0.05) is 31.2 Å². The van der Waals surface area contributed by atoms with Crippen LogP contribution in [0.25, 0.3) is 0 Å². The largest absolute Gasteiger partial charge is 0.126 e. The number of thioether (sulfide) groups is 1. The summed E-state index contributed by atoms with van der Waals surface area (Å²) < 4.78 is 0. The SMILES string of the molecule is C=CC(C)(CCl)CC1Cc2ccccc2S1. The van der Waals surface area contributed by atoms with Crippen molar-refractivity contribution < 1.29 is 0 Å². The van der Waals surface area contributed by atoms with E-state index in [1.54, 1.807) is 0 Å². The molecule has 0 bridgehead atoms. The normalized spacial score (nSPS) is 22.5. The summed E-state index contributed by atoms with van der Waals surface area (Å²) in [5.41, 5.74) is 1.56. The van der Waals surface area contributed by atoms with Gasteiger partial charge < -0.3 is 0 Å². The zero-order chi connectivity index (χ0) is 11.6. The number of allylic oxidation sites excluding steroid dienone is 1. The van der Waals surface area contributed by atoms with Crippen LogP contribution in [0, 0.1) is 5.41 Å². The zero-order valence-electron chi connectivity index (χ0n) is 9.58. The maximum Gasteiger partial charge on any atom is 0.0312 e. The van der Waals surface area contributed by atoms with Crippen LogP contribution in [0.4, 0.5) is 0 Å². The molecule has 0 nitrogen and oxygen atoms in total. The summed E-state index contributed by atoms with van der Waals surface area (Å²) in [4.78, 5) is 1.44. The maximum atomic E-state index is 6.02. The Morgan fingerprint density at radius 3 is 2.94 bits per heavy atom. The van der Waals surface area contributed by atoms with E-state index in [4.69, 9.17) is 11.6 Å². The fourth-order valence-electron chi connectivity index (χ4n) is 2.08. The Kier molecular flexibility index (Phi) is 3.66. The predicted molar refractivity (Wildman–Crippen MR) is 73.4 cm³/mol. The third-order valence-corrected chi connectivity index (χ3v) is 5.14. The van der Waals surface area contributed by atoms with Gasteiger partial charge in [0.05, 0.1) is 0 Å². The topological polar surface area (TPSA) is 0 Å². The average molecular weight is 253 g/mol. The molecule has 0 N–H and O–H groups in total. The number of rotatable bonds is 4. The van der Waals surface area contributed by atoms with Crippen LogP contribution < -0.4 is 0 Å². The van der Waals surface area contributed by atoms with Crippen molar-refractivity contribution in [1.29, 1.82) is 0 Å². The van der Waals surface area contributed by atoms with Crippen molar-refractivity contribution in [3.8, 4) is 0 Å². The van der Waals surface area contributed by atoms with Gasteiger partial charge in [-0.3, -0.25) is 0 Å². The summed E-state index contributed by atoms with van der Waals surface area (Å²) in [5, 5.41) is 0.652. The van der Waals surface area contributed by atoms with E-state index in [0.717, 1.165) is 6.42 Å². The van der Waals surface area contributed by atoms with Crippen LogP contribution in [0.2, 0.25) is 0 Å². The van der Waals surface area contributed by atoms with Crippen LogP contribution in [0.5, 0.6) is 0 Å². The lowest BCUT2D eigenvalue weighted by molar-refractivity contribution is 0.438. The van der Waals surface area contributed by atoms with Gasteiger partial charge in [0, 0.05) is 16.0 Å². The van der Waals surface area contributed by atoms with E-state index in [1.807, 2.05) is 17.8 Å². The number of alkyl halides is 1. The lowest BCUT2D eigenvalue weighted by atomic mass is 9.86. The van der Waals surface area contributed by atoms with Crippen molar-refractivity contribution in [1.82, 2.24) is 0 Å². The highest BCUT2D eigenvalue weighted by molar-refractivity contribution is 8.00. The summed E-state index contributed by atoms with van der Waals surface area (Å²) >= 11 is 8.01. The third-order valence-electron chi connectivity index (χ3n) is 3.21. The minimum absolute atomic E-state index is 0.0707. The molecule has 2 unspecified atom stereocenters. The first-order valence-corrected chi connectivity index (χ1v) is 7.02. The Balaban J connectivity index is 2.04. The highest BCUT2D eigenvalue weighted by Gasteiger charge is 2.29. The van der Waals surface area contributed by atoms with E-state index < -0.39 is 0 Å². The van der Waals surface area contributed by atoms with Crippen molar-refractivity contribution in [2.45, 2.75) is 29.9 Å². The predicted octanol–water partition coefficient (Wildman–Crippen LogP) is 4.52. The van der Waals surface area contributed by atoms with Crippen molar-refractivity contribution in [2.75, 3.05) is 5.88 Å². The molecule has 16 heavy (non-hydrogen) atoms. The molecule has 0 aromatic heterocycles. The van der Waals surface area contributed by atoms with Crippen molar-refractivity contribution in [2.24, 2.45) is 5.41 Å². The molecule has 1 aromatic rings. The Labute approximate surface area is 107 Å². The summed E-state index contributed by atoms with van der Waals surface area (Å²) in [6, 6.07) is 8.68. The van der Waals surface area contributed by atoms with Crippen LogP contribution in [0.1, 0.15) is 18.9 Å². The highest BCUT2D eigenvalue weighted by Crippen LogP contribution is 2.42. The number of halogens is 1. The number of hydrogen-bond acceptors (Lipinski definition) is 1. The molecule has 2 heteroatoms. The van der Waals surface area contributed by atoms with E-state index in [0.29, 0.717) is 11.1 Å². The molecular weight excluding hydrogens is 236 g/mol. The Morgan fingerprint density at radius 1 is 1.56 bits per heavy atom. The van der Waals surface area contributed by atoms with Gasteiger partial charge in [0.15, 0.2) is 0 Å². The first-order chi connectivity index (χ1) is 7.67. The lowest BCUT2D eigenvalue weighted by Crippen LogP contribution is -2.21. The van der Waals surface area contributed by atoms with Gasteiger partial charge in [-0.15, -0.1) is 29.9 Å². The van der Waals surface area contributed by atoms with Gasteiger partial charge in [0.25, 0.3) is 0 Å². The second-order valence-electron chi connectivity index (χ2n) is 4.75. The molecule has 1 aliphatic rings. The van der Waals surface area contributed by atoms with Gasteiger partial charge in [0.2, 0.25) is 0 Å². The maximum absolute atomic E-state index is 6.02. The standard InChI is InChI=1S/C14H17ClS/c1-3-14(2,10-15)9-12-8-11-6-4-5-7-13(11)16-12/h3-7,12H,1,8-10H2,2H3. The molecule has 0 radical (unpaired) electrons. The van der Waals surface area contributed by atoms with E-state index in [9.17, 15) is 0 Å². The molecule has 86 valence electrons. The van der Waals surface area contributed by atoms with E-state index >= 15 is 0 Å². The fourth-order valence-corrected chi connectivity index (χ4v) is 3.84. The number of benzene rings is 1. The molecule has 0 spiro atoms. The zero-order valence-corrected chi connectivity index (χ0v) is 11.2. The number of fused-ring (bicyclic) bond motifs is 1. The second-order valence-corrected chi connectivity index (χ2v) is 6.36. The summed E-state index contributed by atoms with van der Waals surface area (Å²) in [5.74, 6) is 0.657. The van der Waals surface area contributed by atoms with Crippen molar-refractivity contribution in [3.05, 3.63) is 42.5 Å². The average Bonchev–Trinajstić information content (AvgIpc) is 2.70. The second kappa shape index (κ2) is 4.85. The third kappa shape index (κ3) is 2.46. The van der Waals surface area contributed by atoms with Crippen LogP contribution >= 0.6 is 23.4 Å². The summed E-state index contributed by atoms with van der Waals surface area (Å²) in [6.45, 7) is 6.09. The molecule has 2 rings (SSSR count). The summed E-state index contributed by atoms with van der Waals surface area (Å²) in [7, 11) is 0. The molecule has 1 aromatic carbocycles. The van der Waals surface area contributed by atoms with E-state index in [2.05, 4.69) is 37.8 Å². The van der Waals surface area contributed by atoms with Gasteiger partial charge in [-0.05, 0) is 29.9 Å². The van der Waals surface area contributed by atoms with E-state index in [1.165, 1.54) is 16.9 Å². The first-order valence-electron chi connectivity index (χ1n) is 5.61. The van der Waals surface area contributed by atoms with Gasteiger partial charge >= 0.3 is 0 Å². The van der Waals surface area contributed by atoms with E-state index in [-0.39, 0.29) is 5.41 Å². The van der Waals surface area contributed by atoms with Crippen LogP contribution in [0.3, 0.4) is 0 Å². The Bertz CT molecular complexity index is 363. The molecule has 1 aliphatic heterocycles.